The number of aromatic nitrogens is 2. The summed E-state index contributed by atoms with van der Waals surface area (Å²) in [6.45, 7) is 5.04. The SMILES string of the molecule is Cc1ccccc1-c1cc(=O)n2c(n1)CC[C@H](C)C2. The van der Waals surface area contributed by atoms with Crippen LogP contribution in [0.25, 0.3) is 11.3 Å². The van der Waals surface area contributed by atoms with E-state index in [2.05, 4.69) is 19.9 Å². The van der Waals surface area contributed by atoms with Crippen molar-refractivity contribution in [1.82, 2.24) is 9.55 Å². The van der Waals surface area contributed by atoms with E-state index < -0.39 is 0 Å². The third-order valence-electron chi connectivity index (χ3n) is 3.86. The summed E-state index contributed by atoms with van der Waals surface area (Å²) in [6, 6.07) is 9.74. The van der Waals surface area contributed by atoms with Gasteiger partial charge in [0, 0.05) is 24.6 Å². The predicted molar refractivity (Wildman–Crippen MR) is 76.2 cm³/mol. The molecule has 0 aliphatic carbocycles. The topological polar surface area (TPSA) is 34.9 Å². The maximum atomic E-state index is 12.2. The molecule has 0 saturated carbocycles. The van der Waals surface area contributed by atoms with Crippen molar-refractivity contribution in [2.75, 3.05) is 0 Å². The molecule has 0 amide bonds. The number of hydrogen-bond acceptors (Lipinski definition) is 2. The second-order valence-corrected chi connectivity index (χ2v) is 5.47. The Bertz CT molecular complexity index is 673. The average Bonchev–Trinajstić information content (AvgIpc) is 2.40. The van der Waals surface area contributed by atoms with Crippen LogP contribution in [0.5, 0.6) is 0 Å². The summed E-state index contributed by atoms with van der Waals surface area (Å²) in [5, 5.41) is 0. The van der Waals surface area contributed by atoms with Crippen molar-refractivity contribution in [3.05, 3.63) is 52.1 Å². The molecular weight excluding hydrogens is 236 g/mol. The van der Waals surface area contributed by atoms with Crippen LogP contribution in [0, 0.1) is 12.8 Å². The fraction of sp³-hybridized carbons (Fsp3) is 0.375. The van der Waals surface area contributed by atoms with E-state index in [9.17, 15) is 4.79 Å². The van der Waals surface area contributed by atoms with Crippen molar-refractivity contribution in [2.45, 2.75) is 33.2 Å². The Balaban J connectivity index is 2.14. The number of fused-ring (bicyclic) bond motifs is 1. The fourth-order valence-electron chi connectivity index (χ4n) is 2.72. The van der Waals surface area contributed by atoms with E-state index >= 15 is 0 Å². The van der Waals surface area contributed by atoms with Crippen LogP contribution in [0.2, 0.25) is 0 Å². The summed E-state index contributed by atoms with van der Waals surface area (Å²) in [7, 11) is 0. The first-order valence-electron chi connectivity index (χ1n) is 6.82. The minimum atomic E-state index is 0.0785. The van der Waals surface area contributed by atoms with Crippen LogP contribution < -0.4 is 5.56 Å². The Labute approximate surface area is 112 Å². The van der Waals surface area contributed by atoms with Gasteiger partial charge in [-0.05, 0) is 24.8 Å². The van der Waals surface area contributed by atoms with Gasteiger partial charge in [0.15, 0.2) is 0 Å². The Morgan fingerprint density at radius 3 is 2.89 bits per heavy atom. The van der Waals surface area contributed by atoms with Gasteiger partial charge in [-0.15, -0.1) is 0 Å². The van der Waals surface area contributed by atoms with E-state index in [0.717, 1.165) is 42.0 Å². The Kier molecular flexibility index (Phi) is 2.97. The third-order valence-corrected chi connectivity index (χ3v) is 3.86. The first-order valence-corrected chi connectivity index (χ1v) is 6.82. The minimum absolute atomic E-state index is 0.0785. The highest BCUT2D eigenvalue weighted by atomic mass is 16.1. The summed E-state index contributed by atoms with van der Waals surface area (Å²) in [6.07, 6.45) is 2.01. The van der Waals surface area contributed by atoms with Gasteiger partial charge in [-0.2, -0.15) is 0 Å². The number of aryl methyl sites for hydroxylation is 2. The largest absolute Gasteiger partial charge is 0.296 e. The molecule has 2 heterocycles. The molecule has 98 valence electrons. The van der Waals surface area contributed by atoms with Crippen LogP contribution in [0.1, 0.15) is 24.7 Å². The Morgan fingerprint density at radius 2 is 2.11 bits per heavy atom. The maximum Gasteiger partial charge on any atom is 0.254 e. The van der Waals surface area contributed by atoms with Crippen molar-refractivity contribution in [2.24, 2.45) is 5.92 Å². The molecule has 0 N–H and O–H groups in total. The average molecular weight is 254 g/mol. The van der Waals surface area contributed by atoms with Crippen LogP contribution >= 0.6 is 0 Å². The molecule has 3 rings (SSSR count). The zero-order chi connectivity index (χ0) is 13.4. The molecule has 1 aliphatic rings. The third kappa shape index (κ3) is 2.21. The van der Waals surface area contributed by atoms with E-state index in [-0.39, 0.29) is 5.56 Å². The molecule has 0 bridgehead atoms. The van der Waals surface area contributed by atoms with Crippen molar-refractivity contribution < 1.29 is 0 Å². The number of hydrogen-bond donors (Lipinski definition) is 0. The molecule has 1 aliphatic heterocycles. The summed E-state index contributed by atoms with van der Waals surface area (Å²) >= 11 is 0. The fourth-order valence-corrected chi connectivity index (χ4v) is 2.72. The molecule has 3 heteroatoms. The summed E-state index contributed by atoms with van der Waals surface area (Å²) in [5.41, 5.74) is 3.10. The van der Waals surface area contributed by atoms with E-state index in [0.29, 0.717) is 5.92 Å². The van der Waals surface area contributed by atoms with E-state index in [1.165, 1.54) is 0 Å². The van der Waals surface area contributed by atoms with Gasteiger partial charge >= 0.3 is 0 Å². The molecule has 19 heavy (non-hydrogen) atoms. The highest BCUT2D eigenvalue weighted by Gasteiger charge is 2.18. The van der Waals surface area contributed by atoms with E-state index in [1.54, 1.807) is 6.07 Å². The second-order valence-electron chi connectivity index (χ2n) is 5.47. The molecule has 1 aromatic heterocycles. The monoisotopic (exact) mass is 254 g/mol. The van der Waals surface area contributed by atoms with Gasteiger partial charge in [-0.1, -0.05) is 31.2 Å². The van der Waals surface area contributed by atoms with E-state index in [1.807, 2.05) is 22.8 Å². The zero-order valence-corrected chi connectivity index (χ0v) is 11.4. The molecule has 2 aromatic rings. The van der Waals surface area contributed by atoms with Gasteiger partial charge in [-0.25, -0.2) is 4.98 Å². The molecule has 1 atom stereocenters. The van der Waals surface area contributed by atoms with Crippen molar-refractivity contribution >= 4 is 0 Å². The van der Waals surface area contributed by atoms with E-state index in [4.69, 9.17) is 4.98 Å². The van der Waals surface area contributed by atoms with Gasteiger partial charge in [0.2, 0.25) is 0 Å². The first kappa shape index (κ1) is 12.2. The molecular formula is C16H18N2O. The highest BCUT2D eigenvalue weighted by molar-refractivity contribution is 5.62. The Hall–Kier alpha value is -1.90. The molecule has 0 radical (unpaired) electrons. The van der Waals surface area contributed by atoms with Crippen LogP contribution in [-0.4, -0.2) is 9.55 Å². The normalized spacial score (nSPS) is 18.1. The van der Waals surface area contributed by atoms with Crippen molar-refractivity contribution in [1.29, 1.82) is 0 Å². The van der Waals surface area contributed by atoms with Crippen LogP contribution in [0.15, 0.2) is 35.1 Å². The first-order chi connectivity index (χ1) is 9.15. The van der Waals surface area contributed by atoms with Gasteiger partial charge in [0.25, 0.3) is 5.56 Å². The van der Waals surface area contributed by atoms with Crippen LogP contribution in [0.3, 0.4) is 0 Å². The molecule has 0 unspecified atom stereocenters. The Morgan fingerprint density at radius 1 is 1.32 bits per heavy atom. The summed E-state index contributed by atoms with van der Waals surface area (Å²) in [4.78, 5) is 16.9. The van der Waals surface area contributed by atoms with Gasteiger partial charge < -0.3 is 0 Å². The molecule has 3 nitrogen and oxygen atoms in total. The summed E-state index contributed by atoms with van der Waals surface area (Å²) in [5.74, 6) is 1.50. The van der Waals surface area contributed by atoms with Crippen molar-refractivity contribution in [3.8, 4) is 11.3 Å². The van der Waals surface area contributed by atoms with Gasteiger partial charge in [-0.3, -0.25) is 9.36 Å². The lowest BCUT2D eigenvalue weighted by atomic mass is 10.0. The maximum absolute atomic E-state index is 12.2. The summed E-state index contributed by atoms with van der Waals surface area (Å²) < 4.78 is 1.83. The van der Waals surface area contributed by atoms with Gasteiger partial charge in [0.1, 0.15) is 5.82 Å². The van der Waals surface area contributed by atoms with Gasteiger partial charge in [0.05, 0.1) is 5.69 Å². The number of nitrogens with zero attached hydrogens (tertiary/aromatic N) is 2. The number of benzene rings is 1. The lowest BCUT2D eigenvalue weighted by Gasteiger charge is -2.23. The standard InChI is InChI=1S/C16H18N2O/c1-11-7-8-15-17-14(9-16(19)18(15)10-11)13-6-4-3-5-12(13)2/h3-6,9,11H,7-8,10H2,1-2H3/t11-/m0/s1. The zero-order valence-electron chi connectivity index (χ0n) is 11.4. The lowest BCUT2D eigenvalue weighted by Crippen LogP contribution is -2.31. The smallest absolute Gasteiger partial charge is 0.254 e. The molecule has 0 saturated heterocycles. The minimum Gasteiger partial charge on any atom is -0.296 e. The van der Waals surface area contributed by atoms with Crippen LogP contribution in [0.4, 0.5) is 0 Å². The lowest BCUT2D eigenvalue weighted by molar-refractivity contribution is 0.379. The molecule has 0 fully saturated rings. The van der Waals surface area contributed by atoms with Crippen molar-refractivity contribution in [3.63, 3.8) is 0 Å². The molecule has 1 aromatic carbocycles. The van der Waals surface area contributed by atoms with Crippen LogP contribution in [-0.2, 0) is 13.0 Å². The highest BCUT2D eigenvalue weighted by Crippen LogP contribution is 2.22. The quantitative estimate of drug-likeness (QED) is 0.784. The number of rotatable bonds is 1. The second kappa shape index (κ2) is 4.65. The predicted octanol–water partition coefficient (Wildman–Crippen LogP) is 2.80. The molecule has 0 spiro atoms.